The maximum atomic E-state index is 12.1. The topological polar surface area (TPSA) is 99.2 Å². The fourth-order valence-corrected chi connectivity index (χ4v) is 3.21. The molecule has 1 saturated heterocycles. The molecule has 0 spiro atoms. The van der Waals surface area contributed by atoms with E-state index in [2.05, 4.69) is 9.82 Å². The lowest BCUT2D eigenvalue weighted by atomic mass is 10.2. The van der Waals surface area contributed by atoms with Gasteiger partial charge in [0.1, 0.15) is 4.90 Å². The Hall–Kier alpha value is -1.12. The molecule has 8 heteroatoms. The lowest BCUT2D eigenvalue weighted by Crippen LogP contribution is -2.27. The smallest absolute Gasteiger partial charge is 0.245 e. The molecule has 2 rings (SSSR count). The number of anilines is 1. The fourth-order valence-electron chi connectivity index (χ4n) is 2.09. The van der Waals surface area contributed by atoms with Crippen molar-refractivity contribution in [3.8, 4) is 0 Å². The summed E-state index contributed by atoms with van der Waals surface area (Å²) < 4.78 is 33.6. The first-order chi connectivity index (χ1) is 9.03. The minimum absolute atomic E-state index is 0.0338. The van der Waals surface area contributed by atoms with Crippen LogP contribution in [0.15, 0.2) is 11.1 Å². The van der Waals surface area contributed by atoms with Crippen molar-refractivity contribution in [2.24, 2.45) is 0 Å². The van der Waals surface area contributed by atoms with Gasteiger partial charge < -0.3 is 10.5 Å². The predicted molar refractivity (Wildman–Crippen MR) is 71.1 cm³/mol. The number of hydrogen-bond donors (Lipinski definition) is 2. The Morgan fingerprint density at radius 1 is 1.63 bits per heavy atom. The van der Waals surface area contributed by atoms with Crippen LogP contribution >= 0.6 is 0 Å². The van der Waals surface area contributed by atoms with Crippen LogP contribution in [0.5, 0.6) is 0 Å². The molecule has 19 heavy (non-hydrogen) atoms. The summed E-state index contributed by atoms with van der Waals surface area (Å²) in [6.45, 7) is 3.57. The van der Waals surface area contributed by atoms with Gasteiger partial charge in [-0.25, -0.2) is 13.1 Å². The quantitative estimate of drug-likeness (QED) is 0.786. The first-order valence-corrected chi connectivity index (χ1v) is 7.95. The van der Waals surface area contributed by atoms with E-state index in [1.807, 2.05) is 6.92 Å². The molecule has 1 aliphatic heterocycles. The summed E-state index contributed by atoms with van der Waals surface area (Å²) in [4.78, 5) is 0.0432. The Labute approximate surface area is 113 Å². The second-order valence-electron chi connectivity index (χ2n) is 4.56. The van der Waals surface area contributed by atoms with Crippen LogP contribution in [-0.4, -0.2) is 37.5 Å². The summed E-state index contributed by atoms with van der Waals surface area (Å²) in [7, 11) is -3.59. The molecule has 2 heterocycles. The van der Waals surface area contributed by atoms with Gasteiger partial charge in [0.15, 0.2) is 5.82 Å². The van der Waals surface area contributed by atoms with Crippen LogP contribution in [0.4, 0.5) is 5.82 Å². The molecule has 3 N–H and O–H groups in total. The van der Waals surface area contributed by atoms with E-state index in [0.29, 0.717) is 19.5 Å². The van der Waals surface area contributed by atoms with E-state index < -0.39 is 10.0 Å². The van der Waals surface area contributed by atoms with Crippen molar-refractivity contribution >= 4 is 15.8 Å². The highest BCUT2D eigenvalue weighted by Gasteiger charge is 2.22. The third kappa shape index (κ3) is 3.46. The van der Waals surface area contributed by atoms with Crippen LogP contribution in [0.25, 0.3) is 0 Å². The van der Waals surface area contributed by atoms with E-state index in [1.54, 1.807) is 0 Å². The summed E-state index contributed by atoms with van der Waals surface area (Å²) in [5.74, 6) is 0.0338. The third-order valence-corrected chi connectivity index (χ3v) is 4.63. The molecule has 1 aromatic heterocycles. The molecule has 0 saturated carbocycles. The fraction of sp³-hybridized carbons (Fsp3) is 0.727. The zero-order valence-electron chi connectivity index (χ0n) is 11.0. The Kier molecular flexibility index (Phi) is 4.43. The van der Waals surface area contributed by atoms with E-state index in [1.165, 1.54) is 10.9 Å². The number of nitrogens with one attached hydrogen (secondary N) is 1. The van der Waals surface area contributed by atoms with Gasteiger partial charge in [-0.2, -0.15) is 5.10 Å². The van der Waals surface area contributed by atoms with E-state index in [-0.39, 0.29) is 16.8 Å². The van der Waals surface area contributed by atoms with Crippen molar-refractivity contribution < 1.29 is 13.2 Å². The average Bonchev–Trinajstić information content (AvgIpc) is 2.98. The highest BCUT2D eigenvalue weighted by atomic mass is 32.2. The largest absolute Gasteiger partial charge is 0.381 e. The molecule has 1 fully saturated rings. The van der Waals surface area contributed by atoms with Gasteiger partial charge in [-0.1, -0.05) is 0 Å². The van der Waals surface area contributed by atoms with Gasteiger partial charge >= 0.3 is 0 Å². The zero-order valence-corrected chi connectivity index (χ0v) is 11.8. The van der Waals surface area contributed by atoms with Gasteiger partial charge in [0.2, 0.25) is 10.0 Å². The number of ether oxygens (including phenoxy) is 1. The third-order valence-electron chi connectivity index (χ3n) is 3.15. The summed E-state index contributed by atoms with van der Waals surface area (Å²) >= 11 is 0. The molecular formula is C11H20N4O3S. The molecule has 7 nitrogen and oxygen atoms in total. The normalized spacial score (nSPS) is 19.9. The number of aromatic nitrogens is 2. The van der Waals surface area contributed by atoms with E-state index >= 15 is 0 Å². The number of nitrogens with zero attached hydrogens (tertiary/aromatic N) is 2. The van der Waals surface area contributed by atoms with Gasteiger partial charge in [-0.15, -0.1) is 0 Å². The van der Waals surface area contributed by atoms with Crippen LogP contribution in [0.2, 0.25) is 0 Å². The van der Waals surface area contributed by atoms with Gasteiger partial charge in [0.05, 0.1) is 6.10 Å². The summed E-state index contributed by atoms with van der Waals surface area (Å²) in [5, 5.41) is 3.93. The molecule has 1 aliphatic rings. The number of rotatable bonds is 6. The first kappa shape index (κ1) is 14.3. The molecule has 0 amide bonds. The minimum atomic E-state index is -3.59. The predicted octanol–water partition coefficient (Wildman–Crippen LogP) is 0.333. The van der Waals surface area contributed by atoms with Gasteiger partial charge in [-0.05, 0) is 26.2 Å². The molecule has 1 unspecified atom stereocenters. The number of aryl methyl sites for hydroxylation is 1. The lowest BCUT2D eigenvalue weighted by molar-refractivity contribution is 0.105. The molecular weight excluding hydrogens is 268 g/mol. The van der Waals surface area contributed by atoms with E-state index in [0.717, 1.165) is 19.4 Å². The van der Waals surface area contributed by atoms with E-state index in [4.69, 9.17) is 10.5 Å². The Bertz CT molecular complexity index is 520. The number of sulfonamides is 1. The molecule has 0 aromatic carbocycles. The Balaban J connectivity index is 1.95. The SMILES string of the molecule is CCn1cc(S(=O)(=O)NCCC2CCCO2)c(N)n1. The number of hydrogen-bond acceptors (Lipinski definition) is 5. The summed E-state index contributed by atoms with van der Waals surface area (Å²) in [5.41, 5.74) is 5.62. The Morgan fingerprint density at radius 3 is 3.00 bits per heavy atom. The van der Waals surface area contributed by atoms with Crippen LogP contribution in [-0.2, 0) is 21.3 Å². The van der Waals surface area contributed by atoms with Crippen molar-refractivity contribution in [2.75, 3.05) is 18.9 Å². The second kappa shape index (κ2) is 5.89. The van der Waals surface area contributed by atoms with Crippen molar-refractivity contribution in [1.29, 1.82) is 0 Å². The number of nitrogens with two attached hydrogens (primary N) is 1. The van der Waals surface area contributed by atoms with Crippen LogP contribution < -0.4 is 10.5 Å². The van der Waals surface area contributed by atoms with Crippen molar-refractivity contribution in [3.05, 3.63) is 6.20 Å². The maximum Gasteiger partial charge on any atom is 0.245 e. The molecule has 1 aromatic rings. The van der Waals surface area contributed by atoms with Gasteiger partial charge in [-0.3, -0.25) is 4.68 Å². The molecule has 0 bridgehead atoms. The standard InChI is InChI=1S/C11H20N4O3S/c1-2-15-8-10(11(12)14-15)19(16,17)13-6-5-9-4-3-7-18-9/h8-9,13H,2-7H2,1H3,(H2,12,14). The molecule has 0 radical (unpaired) electrons. The highest BCUT2D eigenvalue weighted by Crippen LogP contribution is 2.17. The van der Waals surface area contributed by atoms with Crippen molar-refractivity contribution in [1.82, 2.24) is 14.5 Å². The lowest BCUT2D eigenvalue weighted by Gasteiger charge is -2.09. The van der Waals surface area contributed by atoms with Crippen LogP contribution in [0, 0.1) is 0 Å². The minimum Gasteiger partial charge on any atom is -0.381 e. The molecule has 0 aliphatic carbocycles. The van der Waals surface area contributed by atoms with Crippen molar-refractivity contribution in [3.63, 3.8) is 0 Å². The zero-order chi connectivity index (χ0) is 13.9. The second-order valence-corrected chi connectivity index (χ2v) is 6.29. The van der Waals surface area contributed by atoms with Crippen LogP contribution in [0.1, 0.15) is 26.2 Å². The van der Waals surface area contributed by atoms with E-state index in [9.17, 15) is 8.42 Å². The number of nitrogen functional groups attached to an aromatic ring is 1. The monoisotopic (exact) mass is 288 g/mol. The average molecular weight is 288 g/mol. The maximum absolute atomic E-state index is 12.1. The summed E-state index contributed by atoms with van der Waals surface area (Å²) in [6, 6.07) is 0. The molecule has 108 valence electrons. The highest BCUT2D eigenvalue weighted by molar-refractivity contribution is 7.89. The van der Waals surface area contributed by atoms with Gasteiger partial charge in [0, 0.05) is 25.9 Å². The van der Waals surface area contributed by atoms with Crippen molar-refractivity contribution in [2.45, 2.75) is 43.7 Å². The Morgan fingerprint density at radius 2 is 2.42 bits per heavy atom. The first-order valence-electron chi connectivity index (χ1n) is 6.47. The van der Waals surface area contributed by atoms with Gasteiger partial charge in [0.25, 0.3) is 0 Å². The van der Waals surface area contributed by atoms with Crippen LogP contribution in [0.3, 0.4) is 0 Å². The summed E-state index contributed by atoms with van der Waals surface area (Å²) in [6.07, 6.45) is 4.34. The molecule has 1 atom stereocenters.